The van der Waals surface area contributed by atoms with Crippen LogP contribution in [0.2, 0.25) is 0 Å². The maximum absolute atomic E-state index is 14.9. The molecule has 3 aromatic rings. The Morgan fingerprint density at radius 1 is 1.26 bits per heavy atom. The summed E-state index contributed by atoms with van der Waals surface area (Å²) >= 11 is 0. The highest BCUT2D eigenvalue weighted by atomic mass is 19.4. The molecule has 0 unspecified atom stereocenters. The predicted octanol–water partition coefficient (Wildman–Crippen LogP) is 1.43. The Labute approximate surface area is 243 Å². The van der Waals surface area contributed by atoms with Gasteiger partial charge in [0.1, 0.15) is 23.6 Å². The van der Waals surface area contributed by atoms with Crippen molar-refractivity contribution in [3.05, 3.63) is 35.8 Å². The summed E-state index contributed by atoms with van der Waals surface area (Å²) in [6, 6.07) is 1.10. The number of aromatic nitrogens is 4. The number of alkyl halides is 6. The second-order valence-electron chi connectivity index (χ2n) is 10.5. The second kappa shape index (κ2) is 10.5. The molecule has 0 aromatic carbocycles. The van der Waals surface area contributed by atoms with Crippen LogP contribution in [-0.2, 0) is 11.3 Å². The topological polar surface area (TPSA) is 151 Å². The summed E-state index contributed by atoms with van der Waals surface area (Å²) in [4.78, 5) is 35.5. The van der Waals surface area contributed by atoms with Crippen molar-refractivity contribution in [2.24, 2.45) is 0 Å². The molecule has 2 aliphatic rings. The fraction of sp³-hybridized carbons (Fsp3) is 0.480. The van der Waals surface area contributed by atoms with Crippen LogP contribution in [0.1, 0.15) is 27.0 Å². The first-order valence-electron chi connectivity index (χ1n) is 14.1. The normalized spacial score (nSPS) is 23.2. The van der Waals surface area contributed by atoms with Crippen LogP contribution in [0.4, 0.5) is 32.2 Å². The number of aliphatic hydroxyl groups is 1. The molecule has 2 aliphatic heterocycles. The van der Waals surface area contributed by atoms with Gasteiger partial charge >= 0.3 is 6.18 Å². The molecule has 3 aromatic heterocycles. The fourth-order valence-corrected chi connectivity index (χ4v) is 5.01. The van der Waals surface area contributed by atoms with Gasteiger partial charge in [-0.15, -0.1) is 0 Å². The number of methoxy groups -OCH3 is 1. The van der Waals surface area contributed by atoms with E-state index in [1.165, 1.54) is 15.5 Å². The van der Waals surface area contributed by atoms with Crippen molar-refractivity contribution in [3.63, 3.8) is 0 Å². The molecule has 0 saturated carbocycles. The van der Waals surface area contributed by atoms with Gasteiger partial charge in [-0.25, -0.2) is 27.7 Å². The molecular formula is C25H26F6N8O4. The molecule has 0 radical (unpaired) electrons. The van der Waals surface area contributed by atoms with Crippen molar-refractivity contribution in [1.29, 1.82) is 0 Å². The highest BCUT2D eigenvalue weighted by Gasteiger charge is 2.58. The third kappa shape index (κ3) is 5.51. The Kier molecular flexibility index (Phi) is 6.46. The molecule has 2 amide bonds. The molecule has 2 fully saturated rings. The lowest BCUT2D eigenvalue weighted by atomic mass is 10.1. The Morgan fingerprint density at radius 3 is 2.63 bits per heavy atom. The Morgan fingerprint density at radius 2 is 1.98 bits per heavy atom. The van der Waals surface area contributed by atoms with Gasteiger partial charge in [0.2, 0.25) is 11.5 Å². The molecule has 0 bridgehead atoms. The lowest BCUT2D eigenvalue weighted by Crippen LogP contribution is -2.56. The monoisotopic (exact) mass is 619 g/mol. The summed E-state index contributed by atoms with van der Waals surface area (Å²) < 4.78 is 110. The molecule has 4 N–H and O–H groups in total. The van der Waals surface area contributed by atoms with E-state index in [1.807, 2.05) is 0 Å². The molecule has 18 heteroatoms. The van der Waals surface area contributed by atoms with E-state index in [2.05, 4.69) is 20.4 Å². The number of carbonyl (C=O) groups is 2. The zero-order valence-corrected chi connectivity index (χ0v) is 22.2. The average molecular weight is 620 g/mol. The van der Waals surface area contributed by atoms with Gasteiger partial charge in [0.25, 0.3) is 17.7 Å². The minimum absolute atomic E-state index is 0.00985. The molecule has 2 saturated heterocycles. The van der Waals surface area contributed by atoms with Crippen LogP contribution in [0, 0.1) is 0 Å². The van der Waals surface area contributed by atoms with E-state index < -0.39 is 86.4 Å². The summed E-state index contributed by atoms with van der Waals surface area (Å²) in [6.45, 7) is -2.36. The highest BCUT2D eigenvalue weighted by Crippen LogP contribution is 2.35. The molecule has 0 aliphatic carbocycles. The number of nitrogens with one attached hydrogen (secondary N) is 1. The molecule has 5 heterocycles. The van der Waals surface area contributed by atoms with Gasteiger partial charge in [-0.3, -0.25) is 14.5 Å². The zero-order chi connectivity index (χ0) is 34.0. The first-order valence-corrected chi connectivity index (χ1v) is 12.6. The average Bonchev–Trinajstić information content (AvgIpc) is 3.46. The van der Waals surface area contributed by atoms with E-state index in [-0.39, 0.29) is 36.1 Å². The quantitative estimate of drug-likeness (QED) is 0.334. The number of nitrogens with zero attached hydrogens (tertiary/aromatic N) is 6. The van der Waals surface area contributed by atoms with E-state index in [1.54, 1.807) is 0 Å². The maximum atomic E-state index is 14.9. The maximum Gasteiger partial charge on any atom is 0.426 e. The number of fused-ring (bicyclic) bond motifs is 1. The lowest BCUT2D eigenvalue weighted by molar-refractivity contribution is -0.249. The summed E-state index contributed by atoms with van der Waals surface area (Å²) in [5.74, 6) is -6.52. The molecule has 12 nitrogen and oxygen atoms in total. The summed E-state index contributed by atoms with van der Waals surface area (Å²) in [7, 11) is -3.10. The third-order valence-electron chi connectivity index (χ3n) is 7.27. The lowest BCUT2D eigenvalue weighted by Gasteiger charge is -2.38. The number of halogens is 6. The van der Waals surface area contributed by atoms with Crippen LogP contribution in [0.3, 0.4) is 0 Å². The van der Waals surface area contributed by atoms with Crippen molar-refractivity contribution >= 4 is 23.1 Å². The summed E-state index contributed by atoms with van der Waals surface area (Å²) in [5, 5.41) is 16.1. The van der Waals surface area contributed by atoms with Gasteiger partial charge in [0.05, 0.1) is 42.5 Å². The van der Waals surface area contributed by atoms with Gasteiger partial charge < -0.3 is 25.8 Å². The number of amides is 2. The minimum Gasteiger partial charge on any atom is -0.480 e. The first kappa shape index (κ1) is 26.4. The van der Waals surface area contributed by atoms with Crippen LogP contribution in [-0.4, -0.2) is 109 Å². The van der Waals surface area contributed by atoms with Crippen LogP contribution in [0.5, 0.6) is 5.88 Å². The number of nitrogen functional groups attached to an aromatic ring is 1. The predicted molar refractivity (Wildman–Crippen MR) is 137 cm³/mol. The van der Waals surface area contributed by atoms with Crippen molar-refractivity contribution < 1.29 is 49.9 Å². The third-order valence-corrected chi connectivity index (χ3v) is 7.27. The number of likely N-dealkylation sites (tertiary alicyclic amines) is 2. The molecular weight excluding hydrogens is 590 g/mol. The van der Waals surface area contributed by atoms with E-state index in [4.69, 9.17) is 14.6 Å². The van der Waals surface area contributed by atoms with Crippen molar-refractivity contribution in [2.45, 2.75) is 43.4 Å². The Bertz CT molecular complexity index is 1680. The Hall–Kier alpha value is -4.19. The zero-order valence-electron chi connectivity index (χ0n) is 25.2. The number of hydrogen-bond donors (Lipinski definition) is 3. The number of rotatable bonds is 7. The second-order valence-corrected chi connectivity index (χ2v) is 10.5. The highest BCUT2D eigenvalue weighted by molar-refractivity contribution is 5.98. The number of ether oxygens (including phenoxy) is 1. The molecule has 43 heavy (non-hydrogen) atoms. The van der Waals surface area contributed by atoms with Crippen molar-refractivity contribution in [1.82, 2.24) is 34.7 Å². The van der Waals surface area contributed by atoms with Gasteiger partial charge in [-0.05, 0) is 24.6 Å². The number of carbonyl (C=O) groups excluding carboxylic acids is 2. The van der Waals surface area contributed by atoms with Crippen LogP contribution < -0.4 is 15.8 Å². The van der Waals surface area contributed by atoms with E-state index in [0.29, 0.717) is 10.5 Å². The SMILES string of the molecule is [2H]C([2H])([2H])Oc1ncc(-c2cc(CN3CC(F)(F)C3)c3c(N)ncnn23)cc1C(=O)N[C@@H]1CN(C(=O)[C@@](C)(O)C(F)(F)F)C[C@@H]1F. The Balaban J connectivity index is 1.46. The molecule has 5 rings (SSSR count). The van der Waals surface area contributed by atoms with E-state index in [0.717, 1.165) is 18.6 Å². The number of hydrogen-bond acceptors (Lipinski definition) is 9. The van der Waals surface area contributed by atoms with Gasteiger partial charge in [-0.1, -0.05) is 0 Å². The van der Waals surface area contributed by atoms with Crippen LogP contribution in [0.15, 0.2) is 24.7 Å². The van der Waals surface area contributed by atoms with Gasteiger partial charge in [-0.2, -0.15) is 18.3 Å². The van der Waals surface area contributed by atoms with Gasteiger partial charge in [0, 0.05) is 24.8 Å². The number of pyridine rings is 1. The molecule has 232 valence electrons. The van der Waals surface area contributed by atoms with E-state index >= 15 is 0 Å². The van der Waals surface area contributed by atoms with Crippen LogP contribution in [0.25, 0.3) is 16.8 Å². The van der Waals surface area contributed by atoms with Crippen molar-refractivity contribution in [2.75, 3.05) is 39.0 Å². The van der Waals surface area contributed by atoms with E-state index in [9.17, 15) is 41.0 Å². The standard InChI is InChI=1S/C25H26F6N8O4/c1-23(42,25(29,30)31)22(41)38-7-15(26)16(8-38)36-20(40)14-3-12(5-33-21(14)43-2)17-4-13(6-37-9-24(27,28)10-37)18-19(32)34-11-35-39(17)18/h3-5,11,15-16,42H,6-10H2,1-2H3,(H,36,40)(H2,32,34,35)/t15-,16+,23+/m0/s1/i2D3. The van der Waals surface area contributed by atoms with Crippen LogP contribution >= 0.6 is 0 Å². The summed E-state index contributed by atoms with van der Waals surface area (Å²) in [6.07, 6.45) is -5.17. The smallest absolute Gasteiger partial charge is 0.426 e. The van der Waals surface area contributed by atoms with Gasteiger partial charge in [0.15, 0.2) is 5.82 Å². The first-order chi connectivity index (χ1) is 21.2. The largest absolute Gasteiger partial charge is 0.480 e. The molecule has 3 atom stereocenters. The summed E-state index contributed by atoms with van der Waals surface area (Å²) in [5.41, 5.74) is 2.77. The number of nitrogens with two attached hydrogens (primary N) is 1. The molecule has 0 spiro atoms. The fourth-order valence-electron chi connectivity index (χ4n) is 5.01. The van der Waals surface area contributed by atoms with Crippen molar-refractivity contribution in [3.8, 4) is 17.1 Å². The minimum atomic E-state index is -5.36. The number of anilines is 1.